The minimum absolute atomic E-state index is 0.235. The smallest absolute Gasteiger partial charge is 0.127 e. The summed E-state index contributed by atoms with van der Waals surface area (Å²) >= 11 is 3.24. The van der Waals surface area contributed by atoms with E-state index in [1.54, 1.807) is 16.9 Å². The van der Waals surface area contributed by atoms with Gasteiger partial charge in [0, 0.05) is 28.8 Å². The molecule has 0 aliphatic carbocycles. The van der Waals surface area contributed by atoms with E-state index >= 15 is 0 Å². The normalized spacial score (nSPS) is 12.7. The van der Waals surface area contributed by atoms with E-state index < -0.39 is 0 Å². The van der Waals surface area contributed by atoms with Crippen molar-refractivity contribution in [1.29, 1.82) is 0 Å². The summed E-state index contributed by atoms with van der Waals surface area (Å²) in [6.07, 6.45) is 2.21. The second-order valence-electron chi connectivity index (χ2n) is 4.36. The van der Waals surface area contributed by atoms with Gasteiger partial charge in [-0.15, -0.1) is 0 Å². The predicted octanol–water partition coefficient (Wildman–Crippen LogP) is 2.87. The van der Waals surface area contributed by atoms with E-state index in [1.165, 1.54) is 6.07 Å². The van der Waals surface area contributed by atoms with Crippen LogP contribution in [0.3, 0.4) is 0 Å². The number of nitrogens with two attached hydrogens (primary N) is 1. The Balaban J connectivity index is 2.21. The zero-order valence-corrected chi connectivity index (χ0v) is 11.9. The zero-order chi connectivity index (χ0) is 13.3. The van der Waals surface area contributed by atoms with Gasteiger partial charge in [0.1, 0.15) is 5.82 Å². The first-order valence-electron chi connectivity index (χ1n) is 5.67. The van der Waals surface area contributed by atoms with Crippen molar-refractivity contribution in [2.75, 3.05) is 0 Å². The molecule has 18 heavy (non-hydrogen) atoms. The molecule has 1 heterocycles. The SMILES string of the molecule is Cc1c(C(N)Cc2ccc(Br)cc2F)cnn1C. The Hall–Kier alpha value is -1.20. The molecule has 2 aromatic rings. The van der Waals surface area contributed by atoms with Crippen molar-refractivity contribution >= 4 is 15.9 Å². The first-order valence-corrected chi connectivity index (χ1v) is 6.46. The molecule has 0 spiro atoms. The van der Waals surface area contributed by atoms with Crippen LogP contribution in [0, 0.1) is 12.7 Å². The molecule has 0 fully saturated rings. The summed E-state index contributed by atoms with van der Waals surface area (Å²) in [5, 5.41) is 4.15. The van der Waals surface area contributed by atoms with Crippen LogP contribution in [0.1, 0.15) is 22.9 Å². The molecule has 2 rings (SSSR count). The largest absolute Gasteiger partial charge is 0.324 e. The van der Waals surface area contributed by atoms with Gasteiger partial charge in [0.25, 0.3) is 0 Å². The summed E-state index contributed by atoms with van der Waals surface area (Å²) in [6, 6.07) is 4.79. The lowest BCUT2D eigenvalue weighted by molar-refractivity contribution is 0.591. The van der Waals surface area contributed by atoms with E-state index in [2.05, 4.69) is 21.0 Å². The highest BCUT2D eigenvalue weighted by Crippen LogP contribution is 2.22. The van der Waals surface area contributed by atoms with Crippen molar-refractivity contribution in [1.82, 2.24) is 9.78 Å². The molecule has 1 unspecified atom stereocenters. The summed E-state index contributed by atoms with van der Waals surface area (Å²) in [5.41, 5.74) is 8.71. The molecule has 0 aliphatic rings. The Labute approximate surface area is 114 Å². The molecule has 0 amide bonds. The fraction of sp³-hybridized carbons (Fsp3) is 0.308. The number of nitrogens with zero attached hydrogens (tertiary/aromatic N) is 2. The molecule has 3 nitrogen and oxygen atoms in total. The first-order chi connectivity index (χ1) is 8.49. The van der Waals surface area contributed by atoms with Crippen LogP contribution in [0.4, 0.5) is 4.39 Å². The van der Waals surface area contributed by atoms with Crippen molar-refractivity contribution in [3.8, 4) is 0 Å². The summed E-state index contributed by atoms with van der Waals surface area (Å²) < 4.78 is 16.2. The van der Waals surface area contributed by atoms with Crippen LogP contribution >= 0.6 is 15.9 Å². The highest BCUT2D eigenvalue weighted by molar-refractivity contribution is 9.10. The fourth-order valence-electron chi connectivity index (χ4n) is 1.91. The van der Waals surface area contributed by atoms with Crippen molar-refractivity contribution in [2.45, 2.75) is 19.4 Å². The number of aromatic nitrogens is 2. The predicted molar refractivity (Wildman–Crippen MR) is 72.7 cm³/mol. The second kappa shape index (κ2) is 5.20. The standard InChI is InChI=1S/C13H15BrFN3/c1-8-11(7-17-18(8)2)13(16)5-9-3-4-10(14)6-12(9)15/h3-4,6-7,13H,5,16H2,1-2H3. The molecule has 96 valence electrons. The lowest BCUT2D eigenvalue weighted by atomic mass is 10.00. The van der Waals surface area contributed by atoms with Gasteiger partial charge < -0.3 is 5.73 Å². The lowest BCUT2D eigenvalue weighted by Crippen LogP contribution is -2.15. The monoisotopic (exact) mass is 311 g/mol. The third-order valence-electron chi connectivity index (χ3n) is 3.13. The second-order valence-corrected chi connectivity index (χ2v) is 5.27. The van der Waals surface area contributed by atoms with Crippen molar-refractivity contribution in [2.24, 2.45) is 12.8 Å². The van der Waals surface area contributed by atoms with Gasteiger partial charge in [0.15, 0.2) is 0 Å². The summed E-state index contributed by atoms with van der Waals surface area (Å²) in [5.74, 6) is -0.235. The van der Waals surface area contributed by atoms with Crippen LogP contribution in [0.2, 0.25) is 0 Å². The van der Waals surface area contributed by atoms with E-state index in [0.29, 0.717) is 12.0 Å². The highest BCUT2D eigenvalue weighted by Gasteiger charge is 2.15. The van der Waals surface area contributed by atoms with Crippen molar-refractivity contribution in [3.05, 3.63) is 51.5 Å². The van der Waals surface area contributed by atoms with Crippen LogP contribution in [0.15, 0.2) is 28.9 Å². The summed E-state index contributed by atoms with van der Waals surface area (Å²) in [4.78, 5) is 0. The number of benzene rings is 1. The Morgan fingerprint density at radius 3 is 2.78 bits per heavy atom. The zero-order valence-electron chi connectivity index (χ0n) is 10.3. The Morgan fingerprint density at radius 2 is 2.22 bits per heavy atom. The molecule has 0 saturated carbocycles. The maximum absolute atomic E-state index is 13.7. The summed E-state index contributed by atoms with van der Waals surface area (Å²) in [6.45, 7) is 1.96. The number of halogens is 2. The average Bonchev–Trinajstić information content (AvgIpc) is 2.64. The minimum Gasteiger partial charge on any atom is -0.324 e. The highest BCUT2D eigenvalue weighted by atomic mass is 79.9. The van der Waals surface area contributed by atoms with Gasteiger partial charge in [0.2, 0.25) is 0 Å². The molecule has 0 radical (unpaired) electrons. The minimum atomic E-state index is -0.241. The number of hydrogen-bond acceptors (Lipinski definition) is 2. The molecule has 0 aliphatic heterocycles. The lowest BCUT2D eigenvalue weighted by Gasteiger charge is -2.12. The van der Waals surface area contributed by atoms with Crippen molar-refractivity contribution < 1.29 is 4.39 Å². The molecular weight excluding hydrogens is 297 g/mol. The first kappa shape index (κ1) is 13.2. The molecular formula is C13H15BrFN3. The van der Waals surface area contributed by atoms with Gasteiger partial charge in [0.05, 0.1) is 6.20 Å². The van der Waals surface area contributed by atoms with Gasteiger partial charge in [-0.3, -0.25) is 4.68 Å². The van der Waals surface area contributed by atoms with Crippen LogP contribution in [0.5, 0.6) is 0 Å². The van der Waals surface area contributed by atoms with Gasteiger partial charge in [-0.2, -0.15) is 5.10 Å². The molecule has 1 aromatic heterocycles. The third-order valence-corrected chi connectivity index (χ3v) is 3.62. The van der Waals surface area contributed by atoms with Gasteiger partial charge in [-0.25, -0.2) is 4.39 Å². The molecule has 0 bridgehead atoms. The van der Waals surface area contributed by atoms with E-state index in [1.807, 2.05) is 20.0 Å². The van der Waals surface area contributed by atoms with E-state index in [4.69, 9.17) is 5.73 Å². The number of aryl methyl sites for hydroxylation is 1. The average molecular weight is 312 g/mol. The van der Waals surface area contributed by atoms with E-state index in [9.17, 15) is 4.39 Å². The number of rotatable bonds is 3. The van der Waals surface area contributed by atoms with Crippen LogP contribution in [-0.2, 0) is 13.5 Å². The molecule has 2 N–H and O–H groups in total. The Bertz CT molecular complexity index is 565. The van der Waals surface area contributed by atoms with Crippen LogP contribution in [0.25, 0.3) is 0 Å². The summed E-state index contributed by atoms with van der Waals surface area (Å²) in [7, 11) is 1.87. The molecule has 1 aromatic carbocycles. The Kier molecular flexibility index (Phi) is 3.82. The van der Waals surface area contributed by atoms with Gasteiger partial charge in [-0.1, -0.05) is 22.0 Å². The van der Waals surface area contributed by atoms with Crippen LogP contribution in [-0.4, -0.2) is 9.78 Å². The molecule has 5 heteroatoms. The van der Waals surface area contributed by atoms with E-state index in [-0.39, 0.29) is 11.9 Å². The Morgan fingerprint density at radius 1 is 1.50 bits per heavy atom. The van der Waals surface area contributed by atoms with Gasteiger partial charge in [-0.05, 0) is 31.0 Å². The molecule has 1 atom stereocenters. The maximum atomic E-state index is 13.7. The topological polar surface area (TPSA) is 43.8 Å². The van der Waals surface area contributed by atoms with E-state index in [0.717, 1.165) is 15.7 Å². The quantitative estimate of drug-likeness (QED) is 0.947. The van der Waals surface area contributed by atoms with Crippen molar-refractivity contribution in [3.63, 3.8) is 0 Å². The van der Waals surface area contributed by atoms with Crippen LogP contribution < -0.4 is 5.73 Å². The molecule has 0 saturated heterocycles. The maximum Gasteiger partial charge on any atom is 0.127 e. The van der Waals surface area contributed by atoms with Gasteiger partial charge >= 0.3 is 0 Å². The number of hydrogen-bond donors (Lipinski definition) is 1. The third kappa shape index (κ3) is 2.62. The fourth-order valence-corrected chi connectivity index (χ4v) is 2.25.